The van der Waals surface area contributed by atoms with Crippen molar-refractivity contribution in [3.8, 4) is 0 Å². The van der Waals surface area contributed by atoms with E-state index in [1.807, 2.05) is 0 Å². The van der Waals surface area contributed by atoms with Gasteiger partial charge in [-0.2, -0.15) is 0 Å². The molecule has 0 saturated heterocycles. The van der Waals surface area contributed by atoms with E-state index in [2.05, 4.69) is 12.3 Å². The first kappa shape index (κ1) is 11.2. The predicted octanol–water partition coefficient (Wildman–Crippen LogP) is 0.941. The molecule has 0 aromatic heterocycles. The van der Waals surface area contributed by atoms with E-state index in [-0.39, 0.29) is 18.4 Å². The van der Waals surface area contributed by atoms with Gasteiger partial charge in [-0.3, -0.25) is 4.79 Å². The summed E-state index contributed by atoms with van der Waals surface area (Å²) in [5.74, 6) is -1.25. The number of aliphatic carboxylic acids is 1. The third-order valence-electron chi connectivity index (χ3n) is 2.03. The second-order valence-corrected chi connectivity index (χ2v) is 2.80. The van der Waals surface area contributed by atoms with Gasteiger partial charge >= 0.3 is 5.97 Å². The van der Waals surface area contributed by atoms with E-state index in [1.54, 1.807) is 0 Å². The van der Waals surface area contributed by atoms with Gasteiger partial charge in [0, 0.05) is 6.04 Å². The van der Waals surface area contributed by atoms with Crippen LogP contribution in [0.25, 0.3) is 0 Å². The van der Waals surface area contributed by atoms with E-state index in [1.165, 1.54) is 0 Å². The lowest BCUT2D eigenvalue weighted by molar-refractivity contribution is -0.141. The molecule has 0 spiro atoms. The van der Waals surface area contributed by atoms with Crippen LogP contribution in [0, 0.1) is 5.92 Å². The second kappa shape index (κ2) is 4.31. The van der Waals surface area contributed by atoms with Crippen molar-refractivity contribution >= 4 is 18.4 Å². The number of carbonyl (C=O) groups is 1. The van der Waals surface area contributed by atoms with Gasteiger partial charge in [-0.25, -0.2) is 0 Å². The number of carboxylic acids is 1. The summed E-state index contributed by atoms with van der Waals surface area (Å²) < 4.78 is 0. The largest absolute Gasteiger partial charge is 0.481 e. The summed E-state index contributed by atoms with van der Waals surface area (Å²) >= 11 is 0. The van der Waals surface area contributed by atoms with Gasteiger partial charge in [0.1, 0.15) is 0 Å². The molecule has 3 N–H and O–H groups in total. The van der Waals surface area contributed by atoms with Crippen LogP contribution in [0.1, 0.15) is 12.8 Å². The average molecular weight is 190 g/mol. The van der Waals surface area contributed by atoms with E-state index in [0.717, 1.165) is 5.57 Å². The lowest BCUT2D eigenvalue weighted by Gasteiger charge is -2.06. The van der Waals surface area contributed by atoms with Crippen LogP contribution in [0.5, 0.6) is 0 Å². The minimum Gasteiger partial charge on any atom is -0.481 e. The molecule has 4 heteroatoms. The Labute approximate surface area is 77.4 Å². The maximum Gasteiger partial charge on any atom is 0.308 e. The molecule has 1 aliphatic rings. The standard InChI is InChI=1S/C8H11NO2.ClH/c1-2-5-3-6(8(10)11)7(9)4-5;/h6-7H,1,3-4,9H2,(H,10,11);1H/t6-,7+;/m1./s1. The minimum atomic E-state index is -0.817. The molecular formula is C8H12ClNO2. The summed E-state index contributed by atoms with van der Waals surface area (Å²) in [4.78, 5) is 10.5. The Bertz CT molecular complexity index is 233. The fourth-order valence-corrected chi connectivity index (χ4v) is 1.34. The molecule has 0 unspecified atom stereocenters. The van der Waals surface area contributed by atoms with Crippen molar-refractivity contribution in [3.05, 3.63) is 17.9 Å². The SMILES string of the molecule is C=C=C1C[C@H](N)[C@H](C(=O)O)C1.Cl. The van der Waals surface area contributed by atoms with E-state index in [9.17, 15) is 4.79 Å². The van der Waals surface area contributed by atoms with Crippen LogP contribution in [-0.2, 0) is 4.79 Å². The average Bonchev–Trinajstić information content (AvgIpc) is 2.30. The molecule has 1 rings (SSSR count). The second-order valence-electron chi connectivity index (χ2n) is 2.80. The zero-order valence-electron chi connectivity index (χ0n) is 6.62. The highest BCUT2D eigenvalue weighted by Gasteiger charge is 2.32. The topological polar surface area (TPSA) is 63.3 Å². The molecule has 0 aromatic rings. The zero-order chi connectivity index (χ0) is 8.43. The molecule has 0 aromatic carbocycles. The van der Waals surface area contributed by atoms with Gasteiger partial charge in [-0.05, 0) is 18.4 Å². The Morgan fingerprint density at radius 3 is 2.50 bits per heavy atom. The van der Waals surface area contributed by atoms with E-state index >= 15 is 0 Å². The summed E-state index contributed by atoms with van der Waals surface area (Å²) in [5, 5.41) is 8.66. The smallest absolute Gasteiger partial charge is 0.308 e. The van der Waals surface area contributed by atoms with Gasteiger partial charge in [-0.1, -0.05) is 6.58 Å². The van der Waals surface area contributed by atoms with Crippen LogP contribution in [-0.4, -0.2) is 17.1 Å². The highest BCUT2D eigenvalue weighted by Crippen LogP contribution is 2.28. The van der Waals surface area contributed by atoms with Crippen molar-refractivity contribution in [2.75, 3.05) is 0 Å². The van der Waals surface area contributed by atoms with Gasteiger partial charge in [0.05, 0.1) is 5.92 Å². The number of carboxylic acid groups (broad SMARTS) is 1. The zero-order valence-corrected chi connectivity index (χ0v) is 7.43. The molecule has 2 atom stereocenters. The fourth-order valence-electron chi connectivity index (χ4n) is 1.34. The number of nitrogens with two attached hydrogens (primary N) is 1. The predicted molar refractivity (Wildman–Crippen MR) is 48.2 cm³/mol. The molecule has 0 amide bonds. The van der Waals surface area contributed by atoms with Crippen LogP contribution in [0.2, 0.25) is 0 Å². The Morgan fingerprint density at radius 2 is 2.25 bits per heavy atom. The van der Waals surface area contributed by atoms with E-state index < -0.39 is 11.9 Å². The van der Waals surface area contributed by atoms with Crippen molar-refractivity contribution in [1.29, 1.82) is 0 Å². The van der Waals surface area contributed by atoms with Crippen LogP contribution in [0.4, 0.5) is 0 Å². The summed E-state index contributed by atoms with van der Waals surface area (Å²) in [7, 11) is 0. The molecule has 12 heavy (non-hydrogen) atoms. The summed E-state index contributed by atoms with van der Waals surface area (Å²) in [6, 6.07) is -0.253. The molecule has 0 bridgehead atoms. The fraction of sp³-hybridized carbons (Fsp3) is 0.500. The molecule has 1 saturated carbocycles. The Balaban J connectivity index is 0.00000121. The lowest BCUT2D eigenvalue weighted by Crippen LogP contribution is -2.30. The van der Waals surface area contributed by atoms with E-state index in [4.69, 9.17) is 10.8 Å². The maximum atomic E-state index is 10.5. The number of rotatable bonds is 1. The van der Waals surface area contributed by atoms with Gasteiger partial charge in [-0.15, -0.1) is 18.1 Å². The molecular weight excluding hydrogens is 178 g/mol. The normalized spacial score (nSPS) is 27.6. The van der Waals surface area contributed by atoms with Gasteiger partial charge in [0.2, 0.25) is 0 Å². The van der Waals surface area contributed by atoms with Crippen LogP contribution in [0.15, 0.2) is 17.9 Å². The van der Waals surface area contributed by atoms with E-state index in [0.29, 0.717) is 12.8 Å². The first-order chi connectivity index (χ1) is 5.15. The van der Waals surface area contributed by atoms with Gasteiger partial charge in [0.25, 0.3) is 0 Å². The first-order valence-corrected chi connectivity index (χ1v) is 3.51. The molecule has 1 aliphatic carbocycles. The summed E-state index contributed by atoms with van der Waals surface area (Å²) in [5.41, 5.74) is 9.21. The Hall–Kier alpha value is -0.760. The molecule has 1 fully saturated rings. The Kier molecular flexibility index (Phi) is 4.04. The van der Waals surface area contributed by atoms with Crippen LogP contribution in [0.3, 0.4) is 0 Å². The highest BCUT2D eigenvalue weighted by atomic mass is 35.5. The quantitative estimate of drug-likeness (QED) is 0.604. The molecule has 68 valence electrons. The Morgan fingerprint density at radius 1 is 1.67 bits per heavy atom. The van der Waals surface area contributed by atoms with Crippen molar-refractivity contribution in [2.45, 2.75) is 18.9 Å². The minimum absolute atomic E-state index is 0. The van der Waals surface area contributed by atoms with Crippen molar-refractivity contribution in [2.24, 2.45) is 11.7 Å². The third kappa shape index (κ3) is 2.11. The summed E-state index contributed by atoms with van der Waals surface area (Å²) in [6.07, 6.45) is 1.14. The van der Waals surface area contributed by atoms with Crippen LogP contribution < -0.4 is 5.73 Å². The van der Waals surface area contributed by atoms with Gasteiger partial charge in [0.15, 0.2) is 0 Å². The van der Waals surface area contributed by atoms with Gasteiger partial charge < -0.3 is 10.8 Å². The highest BCUT2D eigenvalue weighted by molar-refractivity contribution is 5.85. The first-order valence-electron chi connectivity index (χ1n) is 3.51. The summed E-state index contributed by atoms with van der Waals surface area (Å²) in [6.45, 7) is 3.46. The van der Waals surface area contributed by atoms with Crippen molar-refractivity contribution in [1.82, 2.24) is 0 Å². The number of hydrogen-bond donors (Lipinski definition) is 2. The van der Waals surface area contributed by atoms with Crippen molar-refractivity contribution < 1.29 is 9.90 Å². The maximum absolute atomic E-state index is 10.5. The number of halogens is 1. The van der Waals surface area contributed by atoms with Crippen LogP contribution >= 0.6 is 12.4 Å². The monoisotopic (exact) mass is 189 g/mol. The lowest BCUT2D eigenvalue weighted by atomic mass is 10.1. The number of hydrogen-bond acceptors (Lipinski definition) is 2. The molecule has 0 heterocycles. The van der Waals surface area contributed by atoms with Crippen molar-refractivity contribution in [3.63, 3.8) is 0 Å². The molecule has 0 radical (unpaired) electrons. The molecule has 0 aliphatic heterocycles. The molecule has 3 nitrogen and oxygen atoms in total. The third-order valence-corrected chi connectivity index (χ3v) is 2.03.